The van der Waals surface area contributed by atoms with Crippen molar-refractivity contribution in [3.8, 4) is 0 Å². The second-order valence-electron chi connectivity index (χ2n) is 4.12. The minimum Gasteiger partial charge on any atom is -0.362 e. The predicted molar refractivity (Wildman–Crippen MR) is 78.1 cm³/mol. The smallest absolute Gasteiger partial charge is 0.171 e. The number of pyridine rings is 1. The highest BCUT2D eigenvalue weighted by atomic mass is 35.5. The quantitative estimate of drug-likeness (QED) is 0.834. The highest BCUT2D eigenvalue weighted by molar-refractivity contribution is 7.80. The maximum atomic E-state index is 6.11. The van der Waals surface area contributed by atoms with Gasteiger partial charge in [0.15, 0.2) is 10.9 Å². The van der Waals surface area contributed by atoms with Gasteiger partial charge in [0.1, 0.15) is 0 Å². The van der Waals surface area contributed by atoms with E-state index in [1.807, 2.05) is 6.92 Å². The normalized spacial score (nSPS) is 10.5. The molecule has 0 saturated heterocycles. The van der Waals surface area contributed by atoms with Gasteiger partial charge in [-0.1, -0.05) is 37.0 Å². The summed E-state index contributed by atoms with van der Waals surface area (Å²) in [6.45, 7) is 6.85. The van der Waals surface area contributed by atoms with Crippen molar-refractivity contribution >= 4 is 46.4 Å². The van der Waals surface area contributed by atoms with Crippen molar-refractivity contribution in [2.75, 3.05) is 11.9 Å². The molecule has 94 valence electrons. The molecule has 0 amide bonds. The number of thiocarbonyl (C=S) groups is 1. The molecule has 1 rings (SSSR count). The molecule has 17 heavy (non-hydrogen) atoms. The van der Waals surface area contributed by atoms with Crippen molar-refractivity contribution in [1.82, 2.24) is 10.3 Å². The Morgan fingerprint density at radius 2 is 2.12 bits per heavy atom. The van der Waals surface area contributed by atoms with Crippen molar-refractivity contribution < 1.29 is 0 Å². The number of hydrogen-bond acceptors (Lipinski definition) is 2. The number of hydrogen-bond donors (Lipinski definition) is 2. The SMILES string of the molecule is Cc1c(Cl)cnc(NC(=S)NCC(C)C)c1Cl. The van der Waals surface area contributed by atoms with Gasteiger partial charge < -0.3 is 10.6 Å². The molecule has 0 bridgehead atoms. The summed E-state index contributed by atoms with van der Waals surface area (Å²) in [4.78, 5) is 4.10. The molecule has 0 saturated carbocycles. The van der Waals surface area contributed by atoms with E-state index in [9.17, 15) is 0 Å². The van der Waals surface area contributed by atoms with E-state index in [2.05, 4.69) is 29.5 Å². The number of aromatic nitrogens is 1. The fourth-order valence-corrected chi connectivity index (χ4v) is 1.66. The fraction of sp³-hybridized carbons (Fsp3) is 0.455. The summed E-state index contributed by atoms with van der Waals surface area (Å²) in [6.07, 6.45) is 1.55. The van der Waals surface area contributed by atoms with Crippen LogP contribution < -0.4 is 10.6 Å². The average Bonchev–Trinajstić information content (AvgIpc) is 2.27. The first-order chi connectivity index (χ1) is 7.91. The molecule has 0 fully saturated rings. The Morgan fingerprint density at radius 3 is 2.71 bits per heavy atom. The summed E-state index contributed by atoms with van der Waals surface area (Å²) in [7, 11) is 0. The Kier molecular flexibility index (Phi) is 5.43. The Bertz CT molecular complexity index is 421. The Labute approximate surface area is 117 Å². The lowest BCUT2D eigenvalue weighted by molar-refractivity contribution is 0.627. The third-order valence-corrected chi connectivity index (χ3v) is 3.20. The Hall–Kier alpha value is -0.580. The fourth-order valence-electron chi connectivity index (χ4n) is 1.09. The van der Waals surface area contributed by atoms with Crippen LogP contribution in [0.25, 0.3) is 0 Å². The molecule has 0 aliphatic carbocycles. The molecule has 1 aromatic heterocycles. The predicted octanol–water partition coefficient (Wildman–Crippen LogP) is 3.64. The second-order valence-corrected chi connectivity index (χ2v) is 5.32. The molecule has 1 aromatic rings. The third-order valence-electron chi connectivity index (χ3n) is 2.11. The summed E-state index contributed by atoms with van der Waals surface area (Å²) >= 11 is 17.1. The van der Waals surface area contributed by atoms with Crippen LogP contribution in [0, 0.1) is 12.8 Å². The first kappa shape index (κ1) is 14.5. The molecular weight excluding hydrogens is 277 g/mol. The van der Waals surface area contributed by atoms with Gasteiger partial charge in [0.2, 0.25) is 0 Å². The summed E-state index contributed by atoms with van der Waals surface area (Å²) in [5, 5.41) is 7.58. The lowest BCUT2D eigenvalue weighted by Crippen LogP contribution is -2.31. The van der Waals surface area contributed by atoms with E-state index in [1.54, 1.807) is 6.20 Å². The van der Waals surface area contributed by atoms with Gasteiger partial charge in [-0.2, -0.15) is 0 Å². The molecule has 0 spiro atoms. The van der Waals surface area contributed by atoms with Gasteiger partial charge in [0, 0.05) is 12.7 Å². The van der Waals surface area contributed by atoms with Crippen LogP contribution in [-0.4, -0.2) is 16.6 Å². The van der Waals surface area contributed by atoms with E-state index >= 15 is 0 Å². The van der Waals surface area contributed by atoms with Crippen LogP contribution in [-0.2, 0) is 0 Å². The van der Waals surface area contributed by atoms with Gasteiger partial charge in [-0.3, -0.25) is 0 Å². The summed E-state index contributed by atoms with van der Waals surface area (Å²) in [5.41, 5.74) is 0.789. The number of anilines is 1. The number of rotatable bonds is 3. The summed E-state index contributed by atoms with van der Waals surface area (Å²) in [6, 6.07) is 0. The average molecular weight is 292 g/mol. The molecule has 3 nitrogen and oxygen atoms in total. The van der Waals surface area contributed by atoms with Gasteiger partial charge in [-0.05, 0) is 30.6 Å². The van der Waals surface area contributed by atoms with Gasteiger partial charge in [-0.15, -0.1) is 0 Å². The maximum absolute atomic E-state index is 6.11. The zero-order chi connectivity index (χ0) is 13.0. The molecule has 0 aliphatic rings. The molecule has 0 radical (unpaired) electrons. The van der Waals surface area contributed by atoms with E-state index < -0.39 is 0 Å². The van der Waals surface area contributed by atoms with Crippen LogP contribution in [0.1, 0.15) is 19.4 Å². The standard InChI is InChI=1S/C11H15Cl2N3S/c1-6(2)4-15-11(17)16-10-9(13)7(3)8(12)5-14-10/h5-6H,4H2,1-3H3,(H2,14,15,16,17). The third kappa shape index (κ3) is 4.30. The van der Waals surface area contributed by atoms with Crippen LogP contribution >= 0.6 is 35.4 Å². The molecule has 6 heteroatoms. The second kappa shape index (κ2) is 6.38. The van der Waals surface area contributed by atoms with Crippen molar-refractivity contribution in [3.63, 3.8) is 0 Å². The lowest BCUT2D eigenvalue weighted by atomic mass is 10.2. The monoisotopic (exact) mass is 291 g/mol. The van der Waals surface area contributed by atoms with Crippen molar-refractivity contribution in [1.29, 1.82) is 0 Å². The number of nitrogens with zero attached hydrogens (tertiary/aromatic N) is 1. The summed E-state index contributed by atoms with van der Waals surface area (Å²) in [5.74, 6) is 1.04. The maximum Gasteiger partial charge on any atom is 0.171 e. The van der Waals surface area contributed by atoms with Crippen molar-refractivity contribution in [3.05, 3.63) is 21.8 Å². The molecule has 1 heterocycles. The van der Waals surface area contributed by atoms with Gasteiger partial charge in [0.05, 0.1) is 10.0 Å². The van der Waals surface area contributed by atoms with Crippen LogP contribution in [0.5, 0.6) is 0 Å². The van der Waals surface area contributed by atoms with Crippen molar-refractivity contribution in [2.45, 2.75) is 20.8 Å². The van der Waals surface area contributed by atoms with Crippen LogP contribution in [0.2, 0.25) is 10.0 Å². The van der Waals surface area contributed by atoms with E-state index in [-0.39, 0.29) is 0 Å². The van der Waals surface area contributed by atoms with Gasteiger partial charge in [-0.25, -0.2) is 4.98 Å². The molecule has 0 aromatic carbocycles. The van der Waals surface area contributed by atoms with E-state index in [4.69, 9.17) is 35.4 Å². The van der Waals surface area contributed by atoms with Crippen LogP contribution in [0.4, 0.5) is 5.82 Å². The van der Waals surface area contributed by atoms with E-state index in [0.717, 1.165) is 12.1 Å². The molecule has 0 atom stereocenters. The highest BCUT2D eigenvalue weighted by Crippen LogP contribution is 2.28. The number of nitrogens with one attached hydrogen (secondary N) is 2. The first-order valence-corrected chi connectivity index (χ1v) is 6.43. The molecular formula is C11H15Cl2N3S. The zero-order valence-corrected chi connectivity index (χ0v) is 12.3. The highest BCUT2D eigenvalue weighted by Gasteiger charge is 2.09. The minimum absolute atomic E-state index is 0.492. The first-order valence-electron chi connectivity index (χ1n) is 5.27. The molecule has 0 unspecified atom stereocenters. The van der Waals surface area contributed by atoms with Gasteiger partial charge >= 0.3 is 0 Å². The van der Waals surface area contributed by atoms with E-state index in [0.29, 0.717) is 26.9 Å². The Morgan fingerprint density at radius 1 is 1.47 bits per heavy atom. The van der Waals surface area contributed by atoms with Gasteiger partial charge in [0.25, 0.3) is 0 Å². The van der Waals surface area contributed by atoms with Crippen molar-refractivity contribution in [2.24, 2.45) is 5.92 Å². The topological polar surface area (TPSA) is 37.0 Å². The van der Waals surface area contributed by atoms with E-state index in [1.165, 1.54) is 0 Å². The minimum atomic E-state index is 0.492. The Balaban J connectivity index is 2.69. The van der Waals surface area contributed by atoms with Crippen LogP contribution in [0.3, 0.4) is 0 Å². The molecule has 0 aliphatic heterocycles. The summed E-state index contributed by atoms with van der Waals surface area (Å²) < 4.78 is 0. The molecule has 2 N–H and O–H groups in total. The lowest BCUT2D eigenvalue weighted by Gasteiger charge is -2.13. The zero-order valence-electron chi connectivity index (χ0n) is 9.97. The number of halogens is 2. The van der Waals surface area contributed by atoms with Crippen LogP contribution in [0.15, 0.2) is 6.20 Å². The largest absolute Gasteiger partial charge is 0.362 e.